The fraction of sp³-hybridized carbons (Fsp3) is 0.500. The van der Waals surface area contributed by atoms with Crippen LogP contribution in [-0.2, 0) is 0 Å². The molecule has 0 saturated carbocycles. The van der Waals surface area contributed by atoms with Gasteiger partial charge < -0.3 is 0 Å². The predicted octanol–water partition coefficient (Wildman–Crippen LogP) is 3.03. The van der Waals surface area contributed by atoms with Gasteiger partial charge in [-0.1, -0.05) is 24.6 Å². The van der Waals surface area contributed by atoms with Gasteiger partial charge >= 0.3 is 0 Å². The van der Waals surface area contributed by atoms with Gasteiger partial charge in [0.15, 0.2) is 5.78 Å². The van der Waals surface area contributed by atoms with E-state index in [0.717, 1.165) is 23.4 Å². The fourth-order valence-electron chi connectivity index (χ4n) is 2.84. The lowest BCUT2D eigenvalue weighted by Crippen LogP contribution is -2.40. The summed E-state index contributed by atoms with van der Waals surface area (Å²) in [5, 5.41) is 0.347. The molecule has 1 saturated heterocycles. The average molecular weight is 247 g/mol. The molecule has 1 aromatic rings. The van der Waals surface area contributed by atoms with Gasteiger partial charge in [0.25, 0.3) is 0 Å². The number of Topliss-reactive ketones (excluding diaryl/α,β-unsaturated/α-hetero) is 1. The summed E-state index contributed by atoms with van der Waals surface area (Å²) >= 11 is 1.87. The number of carbonyl (C=O) groups is 1. The first-order valence-electron chi connectivity index (χ1n) is 6.27. The van der Waals surface area contributed by atoms with Gasteiger partial charge in [-0.05, 0) is 32.5 Å². The van der Waals surface area contributed by atoms with Gasteiger partial charge in [-0.2, -0.15) is 0 Å². The first kappa shape index (κ1) is 11.3. The van der Waals surface area contributed by atoms with Crippen molar-refractivity contribution in [1.29, 1.82) is 0 Å². The molecule has 2 unspecified atom stereocenters. The number of nitrogens with zero attached hydrogens (tertiary/aromatic N) is 1. The molecular weight excluding hydrogens is 230 g/mol. The maximum Gasteiger partial charge on any atom is 0.169 e. The van der Waals surface area contributed by atoms with Crippen LogP contribution in [0.1, 0.15) is 29.6 Å². The molecule has 3 heteroatoms. The summed E-state index contributed by atoms with van der Waals surface area (Å²) in [6.45, 7) is 1.11. The topological polar surface area (TPSA) is 20.3 Å². The number of fused-ring (bicyclic) bond motifs is 2. The summed E-state index contributed by atoms with van der Waals surface area (Å²) in [5.74, 6) is 0.556. The lowest BCUT2D eigenvalue weighted by Gasteiger charge is -2.35. The van der Waals surface area contributed by atoms with Gasteiger partial charge in [0.2, 0.25) is 0 Å². The minimum absolute atomic E-state index is 0.197. The predicted molar refractivity (Wildman–Crippen MR) is 70.4 cm³/mol. The van der Waals surface area contributed by atoms with Crippen LogP contribution in [-0.4, -0.2) is 29.6 Å². The molecule has 17 heavy (non-hydrogen) atoms. The molecule has 0 bridgehead atoms. The zero-order valence-electron chi connectivity index (χ0n) is 10.1. The van der Waals surface area contributed by atoms with Gasteiger partial charge in [0.05, 0.1) is 5.37 Å². The SMILES string of the molecule is CN1CCCCC2C(=O)c3ccccc3SC21. The van der Waals surface area contributed by atoms with Crippen molar-refractivity contribution in [2.45, 2.75) is 29.5 Å². The molecule has 2 atom stereocenters. The Morgan fingerprint density at radius 1 is 1.29 bits per heavy atom. The third-order valence-corrected chi connectivity index (χ3v) is 5.33. The van der Waals surface area contributed by atoms with Gasteiger partial charge in [0.1, 0.15) is 0 Å². The number of likely N-dealkylation sites (tertiary alicyclic amines) is 1. The normalized spacial score (nSPS) is 29.4. The van der Waals surface area contributed by atoms with E-state index in [-0.39, 0.29) is 5.92 Å². The molecule has 2 nitrogen and oxygen atoms in total. The third-order valence-electron chi connectivity index (χ3n) is 3.79. The van der Waals surface area contributed by atoms with E-state index in [4.69, 9.17) is 0 Å². The Kier molecular flexibility index (Phi) is 2.97. The van der Waals surface area contributed by atoms with Crippen molar-refractivity contribution in [3.05, 3.63) is 29.8 Å². The third kappa shape index (κ3) is 1.91. The number of carbonyl (C=O) groups excluding carboxylic acids is 1. The van der Waals surface area contributed by atoms with Crippen LogP contribution in [0.4, 0.5) is 0 Å². The Morgan fingerprint density at radius 2 is 2.12 bits per heavy atom. The van der Waals surface area contributed by atoms with Gasteiger partial charge in [0, 0.05) is 16.4 Å². The summed E-state index contributed by atoms with van der Waals surface area (Å²) in [6.07, 6.45) is 3.45. The van der Waals surface area contributed by atoms with Crippen molar-refractivity contribution in [3.63, 3.8) is 0 Å². The summed E-state index contributed by atoms with van der Waals surface area (Å²) in [5.41, 5.74) is 0.939. The lowest BCUT2D eigenvalue weighted by molar-refractivity contribution is 0.0870. The smallest absolute Gasteiger partial charge is 0.169 e. The van der Waals surface area contributed by atoms with Crippen LogP contribution in [0.5, 0.6) is 0 Å². The van der Waals surface area contributed by atoms with Crippen molar-refractivity contribution in [2.75, 3.05) is 13.6 Å². The van der Waals surface area contributed by atoms with Crippen molar-refractivity contribution in [3.8, 4) is 0 Å². The lowest BCUT2D eigenvalue weighted by atomic mass is 9.92. The highest BCUT2D eigenvalue weighted by molar-refractivity contribution is 8.00. The molecule has 0 radical (unpaired) electrons. The van der Waals surface area contributed by atoms with E-state index in [1.54, 1.807) is 0 Å². The summed E-state index contributed by atoms with van der Waals surface area (Å²) < 4.78 is 0. The van der Waals surface area contributed by atoms with Gasteiger partial charge in [-0.15, -0.1) is 11.8 Å². The summed E-state index contributed by atoms with van der Waals surface area (Å²) in [7, 11) is 2.15. The van der Waals surface area contributed by atoms with Crippen molar-refractivity contribution in [2.24, 2.45) is 5.92 Å². The Balaban J connectivity index is 2.01. The summed E-state index contributed by atoms with van der Waals surface area (Å²) in [4.78, 5) is 16.0. The quantitative estimate of drug-likeness (QED) is 0.703. The largest absolute Gasteiger partial charge is 0.294 e. The number of rotatable bonds is 0. The molecule has 0 spiro atoms. The van der Waals surface area contributed by atoms with E-state index >= 15 is 0 Å². The van der Waals surface area contributed by atoms with Gasteiger partial charge in [-0.3, -0.25) is 9.69 Å². The van der Waals surface area contributed by atoms with Crippen LogP contribution in [0.3, 0.4) is 0 Å². The van der Waals surface area contributed by atoms with E-state index in [1.165, 1.54) is 12.8 Å². The molecule has 2 aliphatic heterocycles. The fourth-order valence-corrected chi connectivity index (χ4v) is 4.26. The molecule has 0 aromatic heterocycles. The number of hydrogen-bond donors (Lipinski definition) is 0. The van der Waals surface area contributed by atoms with Gasteiger partial charge in [-0.25, -0.2) is 0 Å². The first-order chi connectivity index (χ1) is 8.27. The number of thioether (sulfide) groups is 1. The second-order valence-corrected chi connectivity index (χ2v) is 6.11. The number of ketones is 1. The Labute approximate surface area is 106 Å². The standard InChI is InChI=1S/C14H17NOS/c1-15-9-5-4-7-11-13(16)10-6-2-3-8-12(10)17-14(11)15/h2-3,6,8,11,14H,4-5,7,9H2,1H3. The molecule has 2 heterocycles. The van der Waals surface area contributed by atoms with E-state index < -0.39 is 0 Å². The minimum atomic E-state index is 0.197. The van der Waals surface area contributed by atoms with Crippen molar-refractivity contribution >= 4 is 17.5 Å². The van der Waals surface area contributed by atoms with Crippen LogP contribution in [0.2, 0.25) is 0 Å². The van der Waals surface area contributed by atoms with Crippen molar-refractivity contribution in [1.82, 2.24) is 4.90 Å². The molecule has 90 valence electrons. The maximum atomic E-state index is 12.5. The molecule has 2 aliphatic rings. The molecule has 0 aliphatic carbocycles. The van der Waals surface area contributed by atoms with E-state index in [1.807, 2.05) is 30.0 Å². The number of hydrogen-bond acceptors (Lipinski definition) is 3. The van der Waals surface area contributed by atoms with E-state index in [2.05, 4.69) is 18.0 Å². The van der Waals surface area contributed by atoms with E-state index in [0.29, 0.717) is 11.2 Å². The number of benzene rings is 1. The van der Waals surface area contributed by atoms with Crippen LogP contribution < -0.4 is 0 Å². The maximum absolute atomic E-state index is 12.5. The summed E-state index contributed by atoms with van der Waals surface area (Å²) in [6, 6.07) is 8.05. The zero-order chi connectivity index (χ0) is 11.8. The average Bonchev–Trinajstić information content (AvgIpc) is 2.53. The highest BCUT2D eigenvalue weighted by Crippen LogP contribution is 2.42. The van der Waals surface area contributed by atoms with Crippen molar-refractivity contribution < 1.29 is 4.79 Å². The minimum Gasteiger partial charge on any atom is -0.294 e. The Morgan fingerprint density at radius 3 is 3.00 bits per heavy atom. The van der Waals surface area contributed by atoms with E-state index in [9.17, 15) is 4.79 Å². The Hall–Kier alpha value is -0.800. The molecule has 3 rings (SSSR count). The first-order valence-corrected chi connectivity index (χ1v) is 7.15. The van der Waals surface area contributed by atoms with Crippen LogP contribution in [0.25, 0.3) is 0 Å². The molecular formula is C14H17NOS. The van der Waals surface area contributed by atoms with Crippen LogP contribution in [0, 0.1) is 5.92 Å². The highest BCUT2D eigenvalue weighted by atomic mass is 32.2. The second-order valence-electron chi connectivity index (χ2n) is 4.95. The molecule has 1 fully saturated rings. The molecule has 0 amide bonds. The molecule has 0 N–H and O–H groups in total. The monoisotopic (exact) mass is 247 g/mol. The second kappa shape index (κ2) is 4.46. The Bertz CT molecular complexity index is 446. The zero-order valence-corrected chi connectivity index (χ0v) is 10.9. The van der Waals surface area contributed by atoms with Crippen LogP contribution in [0.15, 0.2) is 29.2 Å². The van der Waals surface area contributed by atoms with Crippen LogP contribution >= 0.6 is 11.8 Å². The highest BCUT2D eigenvalue weighted by Gasteiger charge is 2.38. The molecule has 1 aromatic carbocycles.